The average Bonchev–Trinajstić information content (AvgIpc) is 3.45. The zero-order valence-electron chi connectivity index (χ0n) is 24.8. The van der Waals surface area contributed by atoms with E-state index in [4.69, 9.17) is 0 Å². The summed E-state index contributed by atoms with van der Waals surface area (Å²) < 4.78 is 30.0. The summed E-state index contributed by atoms with van der Waals surface area (Å²) >= 11 is 0. The Morgan fingerprint density at radius 2 is 2.02 bits per heavy atom. The molecule has 0 bridgehead atoms. The molecule has 0 saturated carbocycles. The molecular weight excluding hydrogens is 534 g/mol. The largest absolute Gasteiger partial charge is 0.312 e. The first-order valence-corrected chi connectivity index (χ1v) is 15.5. The minimum atomic E-state index is -0.540. The van der Waals surface area contributed by atoms with E-state index in [0.717, 1.165) is 56.3 Å². The molecule has 226 valence electrons. The van der Waals surface area contributed by atoms with Gasteiger partial charge in [0.15, 0.2) is 5.82 Å². The van der Waals surface area contributed by atoms with Gasteiger partial charge in [0.25, 0.3) is 0 Å². The quantitative estimate of drug-likeness (QED) is 0.275. The molecule has 5 rings (SSSR count). The highest BCUT2D eigenvalue weighted by molar-refractivity contribution is 5.94. The van der Waals surface area contributed by atoms with Crippen molar-refractivity contribution in [3.05, 3.63) is 77.2 Å². The van der Waals surface area contributed by atoms with Crippen molar-refractivity contribution in [1.29, 1.82) is 0 Å². The summed E-state index contributed by atoms with van der Waals surface area (Å²) in [5, 5.41) is 10.1. The number of hydrogen-bond acceptors (Lipinski definition) is 5. The summed E-state index contributed by atoms with van der Waals surface area (Å²) in [5.74, 6) is -0.0386. The summed E-state index contributed by atoms with van der Waals surface area (Å²) in [6, 6.07) is 10.1. The topological polar surface area (TPSA) is 74.2 Å². The number of halogens is 2. The highest BCUT2D eigenvalue weighted by atomic mass is 19.1. The molecule has 42 heavy (non-hydrogen) atoms. The number of benzene rings is 2. The van der Waals surface area contributed by atoms with Crippen LogP contribution in [0.25, 0.3) is 5.69 Å². The monoisotopic (exact) mass is 578 g/mol. The number of likely N-dealkylation sites (tertiary alicyclic amines) is 1. The summed E-state index contributed by atoms with van der Waals surface area (Å²) in [6.07, 6.45) is 9.33. The van der Waals surface area contributed by atoms with Gasteiger partial charge in [0.1, 0.15) is 18.0 Å². The van der Waals surface area contributed by atoms with Gasteiger partial charge in [0, 0.05) is 25.2 Å². The van der Waals surface area contributed by atoms with Gasteiger partial charge in [-0.05, 0) is 92.9 Å². The number of para-hydroxylation sites is 1. The molecule has 2 aromatic carbocycles. The minimum Gasteiger partial charge on any atom is -0.312 e. The summed E-state index contributed by atoms with van der Waals surface area (Å²) in [6.45, 7) is 9.52. The number of fused-ring (bicyclic) bond motifs is 1. The Kier molecular flexibility index (Phi) is 10.4. The van der Waals surface area contributed by atoms with Crippen molar-refractivity contribution >= 4 is 11.7 Å². The van der Waals surface area contributed by atoms with Gasteiger partial charge < -0.3 is 25.4 Å². The molecule has 9 heteroatoms. The molecule has 3 N–H and O–H groups in total. The summed E-state index contributed by atoms with van der Waals surface area (Å²) in [5.41, 5.74) is 3.47. The molecule has 1 aliphatic carbocycles. The van der Waals surface area contributed by atoms with Crippen LogP contribution in [-0.4, -0.2) is 58.6 Å². The van der Waals surface area contributed by atoms with Crippen LogP contribution in [0.5, 0.6) is 0 Å². The highest BCUT2D eigenvalue weighted by Gasteiger charge is 2.27. The van der Waals surface area contributed by atoms with Gasteiger partial charge >= 0.3 is 0 Å². The normalized spacial score (nSPS) is 19.8. The Morgan fingerprint density at radius 3 is 2.86 bits per heavy atom. The van der Waals surface area contributed by atoms with E-state index < -0.39 is 17.7 Å². The number of rotatable bonds is 12. The van der Waals surface area contributed by atoms with Gasteiger partial charge in [-0.1, -0.05) is 38.5 Å². The lowest BCUT2D eigenvalue weighted by atomic mass is 9.87. The van der Waals surface area contributed by atoms with Crippen molar-refractivity contribution in [2.24, 2.45) is 5.92 Å². The lowest BCUT2D eigenvalue weighted by molar-refractivity contribution is -0.118. The van der Waals surface area contributed by atoms with E-state index in [1.165, 1.54) is 31.0 Å². The number of amides is 1. The lowest BCUT2D eigenvalue weighted by Gasteiger charge is -2.32. The van der Waals surface area contributed by atoms with E-state index in [1.54, 1.807) is 6.33 Å². The van der Waals surface area contributed by atoms with Crippen molar-refractivity contribution in [2.45, 2.75) is 77.4 Å². The van der Waals surface area contributed by atoms with E-state index in [0.29, 0.717) is 36.6 Å². The van der Waals surface area contributed by atoms with Crippen LogP contribution in [0, 0.1) is 17.6 Å². The Balaban J connectivity index is 1.18. The van der Waals surface area contributed by atoms with Crippen molar-refractivity contribution in [3.8, 4) is 5.69 Å². The first-order valence-electron chi connectivity index (χ1n) is 15.5. The number of carbonyl (C=O) groups is 1. The second-order valence-corrected chi connectivity index (χ2v) is 11.8. The minimum absolute atomic E-state index is 0.0599. The molecule has 1 amide bonds. The molecule has 1 aromatic heterocycles. The number of aromatic nitrogens is 2. The van der Waals surface area contributed by atoms with E-state index >= 15 is 0 Å². The van der Waals surface area contributed by atoms with Crippen LogP contribution in [-0.2, 0) is 24.2 Å². The average molecular weight is 579 g/mol. The first-order chi connectivity index (χ1) is 20.4. The van der Waals surface area contributed by atoms with Gasteiger partial charge in [0.05, 0.1) is 17.9 Å². The second-order valence-electron chi connectivity index (χ2n) is 11.8. The van der Waals surface area contributed by atoms with Crippen LogP contribution in [0.3, 0.4) is 0 Å². The van der Waals surface area contributed by atoms with E-state index in [9.17, 15) is 13.6 Å². The van der Waals surface area contributed by atoms with E-state index in [2.05, 4.69) is 44.9 Å². The Labute approximate surface area is 248 Å². The summed E-state index contributed by atoms with van der Waals surface area (Å²) in [4.78, 5) is 20.3. The predicted molar refractivity (Wildman–Crippen MR) is 163 cm³/mol. The molecule has 1 unspecified atom stereocenters. The van der Waals surface area contributed by atoms with Gasteiger partial charge in [-0.3, -0.25) is 4.79 Å². The third-order valence-electron chi connectivity index (χ3n) is 8.70. The number of hydrogen-bond donors (Lipinski definition) is 3. The van der Waals surface area contributed by atoms with E-state index in [-0.39, 0.29) is 11.9 Å². The van der Waals surface area contributed by atoms with Crippen molar-refractivity contribution in [2.75, 3.05) is 31.5 Å². The van der Waals surface area contributed by atoms with Gasteiger partial charge in [0.2, 0.25) is 5.91 Å². The van der Waals surface area contributed by atoms with Gasteiger partial charge in [-0.25, -0.2) is 13.8 Å². The maximum absolute atomic E-state index is 14.4. The fraction of sp³-hybridized carbons (Fsp3) is 0.515. The molecule has 3 atom stereocenters. The SMILES string of the molecule is CCC[C@H](N[C@H]1CCc2cc(F)cc(F)c2C1)C(=O)Nc1cn(-c2ccccc2CNCC2CCCN(CC)C2)cn1. The molecule has 3 aromatic rings. The van der Waals surface area contributed by atoms with Crippen LogP contribution in [0.15, 0.2) is 48.9 Å². The van der Waals surface area contributed by atoms with Crippen LogP contribution >= 0.6 is 0 Å². The maximum atomic E-state index is 14.4. The number of piperidine rings is 1. The van der Waals surface area contributed by atoms with Gasteiger partial charge in [-0.2, -0.15) is 0 Å². The second kappa shape index (κ2) is 14.4. The van der Waals surface area contributed by atoms with Crippen molar-refractivity contribution in [3.63, 3.8) is 0 Å². The number of nitrogens with one attached hydrogen (secondary N) is 3. The Bertz CT molecular complexity index is 1340. The first kappa shape index (κ1) is 30.3. The number of aryl methyl sites for hydroxylation is 1. The molecule has 1 saturated heterocycles. The smallest absolute Gasteiger partial charge is 0.242 e. The van der Waals surface area contributed by atoms with Crippen LogP contribution in [0.1, 0.15) is 62.6 Å². The molecule has 0 radical (unpaired) electrons. The van der Waals surface area contributed by atoms with Crippen molar-refractivity contribution in [1.82, 2.24) is 25.1 Å². The maximum Gasteiger partial charge on any atom is 0.242 e. The van der Waals surface area contributed by atoms with Crippen LogP contribution in [0.2, 0.25) is 0 Å². The number of anilines is 1. The number of imidazole rings is 1. The molecule has 1 aliphatic heterocycles. The standard InChI is InChI=1S/C33H44F2N6O/c1-3-8-30(38-27-13-12-24-15-26(34)16-29(35)28(24)17-27)33(42)39-32-21-41(22-37-32)31-11-6-5-10-25(31)19-36-18-23-9-7-14-40(4-2)20-23/h5-6,10-11,15-16,21-23,27,30,36,38H,3-4,7-9,12-14,17-20H2,1-2H3,(H,39,42)/t23?,27-,30-/m0/s1. The van der Waals surface area contributed by atoms with E-state index in [1.807, 2.05) is 29.8 Å². The molecule has 7 nitrogen and oxygen atoms in total. The third kappa shape index (κ3) is 7.62. The number of carbonyl (C=O) groups excluding carboxylic acids is 1. The Morgan fingerprint density at radius 1 is 1.17 bits per heavy atom. The lowest BCUT2D eigenvalue weighted by Crippen LogP contribution is -2.48. The summed E-state index contributed by atoms with van der Waals surface area (Å²) in [7, 11) is 0. The van der Waals surface area contributed by atoms with Crippen molar-refractivity contribution < 1.29 is 13.6 Å². The predicted octanol–water partition coefficient (Wildman–Crippen LogP) is 5.23. The van der Waals surface area contributed by atoms with Crippen LogP contribution < -0.4 is 16.0 Å². The molecule has 1 fully saturated rings. The molecule has 2 aliphatic rings. The molecular formula is C33H44F2N6O. The zero-order chi connectivity index (χ0) is 29.5. The van der Waals surface area contributed by atoms with Gasteiger partial charge in [-0.15, -0.1) is 0 Å². The highest BCUT2D eigenvalue weighted by Crippen LogP contribution is 2.26. The van der Waals surface area contributed by atoms with Crippen LogP contribution in [0.4, 0.5) is 14.6 Å². The third-order valence-corrected chi connectivity index (χ3v) is 8.70. The zero-order valence-corrected chi connectivity index (χ0v) is 24.8. The fourth-order valence-electron chi connectivity index (χ4n) is 6.45. The molecule has 2 heterocycles. The molecule has 0 spiro atoms. The fourth-order valence-corrected chi connectivity index (χ4v) is 6.45. The number of nitrogens with zero attached hydrogens (tertiary/aromatic N) is 3. The Hall–Kier alpha value is -3.14.